The monoisotopic (exact) mass is 260 g/mol. The molecular formula is C13H24O5. The van der Waals surface area contributed by atoms with Gasteiger partial charge in [0.05, 0.1) is 6.61 Å². The molecule has 5 heteroatoms. The van der Waals surface area contributed by atoms with E-state index in [1.54, 1.807) is 6.08 Å². The number of ether oxygens (including phenoxy) is 1. The molecule has 0 aliphatic heterocycles. The average molecular weight is 260 g/mol. The lowest BCUT2D eigenvalue weighted by molar-refractivity contribution is -0.317. The molecule has 0 aliphatic rings. The van der Waals surface area contributed by atoms with Gasteiger partial charge < -0.3 is 14.7 Å². The van der Waals surface area contributed by atoms with Crippen molar-refractivity contribution in [2.45, 2.75) is 58.5 Å². The van der Waals surface area contributed by atoms with E-state index < -0.39 is 6.16 Å². The van der Waals surface area contributed by atoms with Gasteiger partial charge in [-0.3, -0.25) is 0 Å². The highest BCUT2D eigenvalue weighted by Crippen LogP contribution is 2.18. The lowest BCUT2D eigenvalue weighted by Crippen LogP contribution is -2.23. The van der Waals surface area contributed by atoms with Crippen molar-refractivity contribution in [2.24, 2.45) is 0 Å². The first kappa shape index (κ1) is 16.8. The zero-order chi connectivity index (χ0) is 13.9. The molecule has 1 N–H and O–H groups in total. The second kappa shape index (κ2) is 9.76. The maximum absolute atomic E-state index is 10.0. The zero-order valence-electron chi connectivity index (χ0n) is 11.5. The molecule has 0 aliphatic carbocycles. The molecule has 0 rings (SSSR count). The molecule has 0 bridgehead atoms. The molecule has 0 aromatic heterocycles. The molecule has 0 spiro atoms. The SMILES string of the molecule is CCCCCC(C)(C)OOC=CCCOC(=O)O. The van der Waals surface area contributed by atoms with Gasteiger partial charge in [0.2, 0.25) is 0 Å². The molecule has 0 unspecified atom stereocenters. The standard InChI is InChI=1S/C13H24O5/c1-4-5-6-9-13(2,3)18-17-11-8-7-10-16-12(14)15/h8,11H,4-7,9-10H2,1-3H3,(H,14,15). The van der Waals surface area contributed by atoms with Crippen LogP contribution in [0.3, 0.4) is 0 Å². The molecule has 106 valence electrons. The number of rotatable bonds is 10. The summed E-state index contributed by atoms with van der Waals surface area (Å²) in [6, 6.07) is 0. The summed E-state index contributed by atoms with van der Waals surface area (Å²) in [6.07, 6.45) is 6.69. The minimum Gasteiger partial charge on any atom is -0.450 e. The number of hydrogen-bond donors (Lipinski definition) is 1. The van der Waals surface area contributed by atoms with Crippen molar-refractivity contribution in [1.29, 1.82) is 0 Å². The molecule has 0 aromatic carbocycles. The average Bonchev–Trinajstić information content (AvgIpc) is 2.27. The van der Waals surface area contributed by atoms with Gasteiger partial charge in [0, 0.05) is 6.42 Å². The van der Waals surface area contributed by atoms with Gasteiger partial charge in [-0.25, -0.2) is 4.79 Å². The molecule has 0 fully saturated rings. The van der Waals surface area contributed by atoms with Gasteiger partial charge in [-0.15, -0.1) is 0 Å². The summed E-state index contributed by atoms with van der Waals surface area (Å²) < 4.78 is 4.32. The van der Waals surface area contributed by atoms with E-state index >= 15 is 0 Å². The number of carbonyl (C=O) groups is 1. The lowest BCUT2D eigenvalue weighted by Gasteiger charge is -2.22. The Morgan fingerprint density at radius 2 is 2.06 bits per heavy atom. The smallest absolute Gasteiger partial charge is 0.450 e. The number of carboxylic acid groups (broad SMARTS) is 1. The lowest BCUT2D eigenvalue weighted by atomic mass is 10.0. The summed E-state index contributed by atoms with van der Waals surface area (Å²) in [5.41, 5.74) is -0.308. The Bertz CT molecular complexity index is 248. The van der Waals surface area contributed by atoms with Crippen LogP contribution >= 0.6 is 0 Å². The molecule has 5 nitrogen and oxygen atoms in total. The molecule has 0 heterocycles. The molecular weight excluding hydrogens is 236 g/mol. The second-order valence-corrected chi connectivity index (χ2v) is 4.67. The van der Waals surface area contributed by atoms with E-state index in [1.807, 2.05) is 13.8 Å². The molecule has 0 amide bonds. The van der Waals surface area contributed by atoms with Crippen molar-refractivity contribution in [3.05, 3.63) is 12.3 Å². The first-order valence-corrected chi connectivity index (χ1v) is 6.33. The van der Waals surface area contributed by atoms with Gasteiger partial charge >= 0.3 is 6.16 Å². The topological polar surface area (TPSA) is 65.0 Å². The Morgan fingerprint density at radius 3 is 2.67 bits per heavy atom. The third-order valence-corrected chi connectivity index (χ3v) is 2.32. The normalized spacial score (nSPS) is 11.7. The Labute approximate surface area is 109 Å². The predicted octanol–water partition coefficient (Wildman–Crippen LogP) is 3.89. The summed E-state index contributed by atoms with van der Waals surface area (Å²) in [4.78, 5) is 20.3. The van der Waals surface area contributed by atoms with Crippen LogP contribution in [0.1, 0.15) is 52.9 Å². The fourth-order valence-electron chi connectivity index (χ4n) is 1.32. The summed E-state index contributed by atoms with van der Waals surface area (Å²) in [5.74, 6) is 0. The summed E-state index contributed by atoms with van der Waals surface area (Å²) in [6.45, 7) is 6.23. The first-order valence-electron chi connectivity index (χ1n) is 6.33. The summed E-state index contributed by atoms with van der Waals surface area (Å²) in [7, 11) is 0. The van der Waals surface area contributed by atoms with Crippen molar-refractivity contribution in [1.82, 2.24) is 0 Å². The molecule has 0 aromatic rings. The Morgan fingerprint density at radius 1 is 1.33 bits per heavy atom. The van der Waals surface area contributed by atoms with Gasteiger partial charge in [-0.2, -0.15) is 4.89 Å². The van der Waals surface area contributed by atoms with Gasteiger partial charge in [0.25, 0.3) is 0 Å². The van der Waals surface area contributed by atoms with E-state index in [2.05, 4.69) is 11.7 Å². The summed E-state index contributed by atoms with van der Waals surface area (Å²) in [5, 5.41) is 8.22. The van der Waals surface area contributed by atoms with Crippen molar-refractivity contribution in [3.8, 4) is 0 Å². The van der Waals surface area contributed by atoms with Gasteiger partial charge in [0.15, 0.2) is 0 Å². The van der Waals surface area contributed by atoms with Crippen molar-refractivity contribution < 1.29 is 24.4 Å². The van der Waals surface area contributed by atoms with Crippen LogP contribution in [0, 0.1) is 0 Å². The van der Waals surface area contributed by atoms with Crippen molar-refractivity contribution in [3.63, 3.8) is 0 Å². The van der Waals surface area contributed by atoms with Crippen LogP contribution in [0.4, 0.5) is 4.79 Å². The minimum absolute atomic E-state index is 0.120. The molecule has 0 saturated carbocycles. The van der Waals surface area contributed by atoms with Crippen LogP contribution in [0.15, 0.2) is 12.3 Å². The fraction of sp³-hybridized carbons (Fsp3) is 0.769. The largest absolute Gasteiger partial charge is 0.505 e. The van der Waals surface area contributed by atoms with E-state index in [-0.39, 0.29) is 12.2 Å². The molecule has 18 heavy (non-hydrogen) atoms. The van der Waals surface area contributed by atoms with Crippen LogP contribution in [0.25, 0.3) is 0 Å². The maximum Gasteiger partial charge on any atom is 0.505 e. The minimum atomic E-state index is -1.27. The molecule has 0 radical (unpaired) electrons. The van der Waals surface area contributed by atoms with Crippen molar-refractivity contribution in [2.75, 3.05) is 6.61 Å². The van der Waals surface area contributed by atoms with E-state index in [0.717, 1.165) is 12.8 Å². The van der Waals surface area contributed by atoms with Crippen molar-refractivity contribution >= 4 is 6.16 Å². The Kier molecular flexibility index (Phi) is 9.10. The van der Waals surface area contributed by atoms with Crippen LogP contribution < -0.4 is 0 Å². The van der Waals surface area contributed by atoms with Crippen LogP contribution in [0.5, 0.6) is 0 Å². The van der Waals surface area contributed by atoms with E-state index in [4.69, 9.17) is 14.9 Å². The second-order valence-electron chi connectivity index (χ2n) is 4.67. The fourth-order valence-corrected chi connectivity index (χ4v) is 1.32. The summed E-state index contributed by atoms with van der Waals surface area (Å²) >= 11 is 0. The molecule has 0 atom stereocenters. The third-order valence-electron chi connectivity index (χ3n) is 2.32. The molecule has 0 saturated heterocycles. The highest BCUT2D eigenvalue weighted by molar-refractivity contribution is 5.56. The zero-order valence-corrected chi connectivity index (χ0v) is 11.5. The van der Waals surface area contributed by atoms with Crippen LogP contribution in [0.2, 0.25) is 0 Å². The number of hydrogen-bond acceptors (Lipinski definition) is 4. The van der Waals surface area contributed by atoms with Crippen LogP contribution in [-0.4, -0.2) is 23.5 Å². The van der Waals surface area contributed by atoms with E-state index in [0.29, 0.717) is 6.42 Å². The van der Waals surface area contributed by atoms with Gasteiger partial charge in [-0.05, 0) is 26.3 Å². The third kappa shape index (κ3) is 11.3. The predicted molar refractivity (Wildman–Crippen MR) is 68.1 cm³/mol. The van der Waals surface area contributed by atoms with E-state index in [9.17, 15) is 4.79 Å². The highest BCUT2D eigenvalue weighted by Gasteiger charge is 2.19. The van der Waals surface area contributed by atoms with Gasteiger partial charge in [0.1, 0.15) is 11.9 Å². The number of unbranched alkanes of at least 4 members (excludes halogenated alkanes) is 2. The first-order chi connectivity index (χ1) is 8.48. The Balaban J connectivity index is 3.55. The quantitative estimate of drug-likeness (QED) is 0.212. The maximum atomic E-state index is 10.0. The van der Waals surface area contributed by atoms with Gasteiger partial charge in [-0.1, -0.05) is 26.2 Å². The Hall–Kier alpha value is -1.23. The van der Waals surface area contributed by atoms with E-state index in [1.165, 1.54) is 19.1 Å². The highest BCUT2D eigenvalue weighted by atomic mass is 17.2. The van der Waals surface area contributed by atoms with Crippen LogP contribution in [-0.2, 0) is 14.5 Å².